The van der Waals surface area contributed by atoms with Gasteiger partial charge in [-0.3, -0.25) is 9.59 Å². The van der Waals surface area contributed by atoms with Gasteiger partial charge in [-0.05, 0) is 71.1 Å². The summed E-state index contributed by atoms with van der Waals surface area (Å²) in [6.45, 7) is 6.94. The Bertz CT molecular complexity index is 1850. The highest BCUT2D eigenvalue weighted by Crippen LogP contribution is 2.33. The van der Waals surface area contributed by atoms with Gasteiger partial charge in [0.1, 0.15) is 16.6 Å². The molecule has 47 heavy (non-hydrogen) atoms. The lowest BCUT2D eigenvalue weighted by atomic mass is 9.99. The van der Waals surface area contributed by atoms with Crippen LogP contribution >= 0.6 is 23.1 Å². The molecule has 12 heteroatoms. The van der Waals surface area contributed by atoms with Gasteiger partial charge in [0.15, 0.2) is 5.16 Å². The molecule has 0 bridgehead atoms. The number of nitrogens with zero attached hydrogens (tertiary/aromatic N) is 3. The third kappa shape index (κ3) is 8.48. The number of aromatic nitrogens is 2. The summed E-state index contributed by atoms with van der Waals surface area (Å²) in [5, 5.41) is 5.26. The van der Waals surface area contributed by atoms with Gasteiger partial charge in [0.05, 0.1) is 11.1 Å². The number of likely N-dealkylation sites (N-methyl/N-ethyl adjacent to an activating group) is 1. The standard InChI is InChI=1S/C35H34F4N4O2S2/c1-3-42(4-2)19-18-40-32(44)30(21-23-5-9-25(10-6-23)26-11-13-27(14-12-26)35(37,38)39)43-29-17-20-46-31(29)33(45)41-34(43)47-22-24-7-15-28(36)16-8-24/h5-17,20,30H,3-4,18-19,21-22H2,1-2H3,(H,40,44). The summed E-state index contributed by atoms with van der Waals surface area (Å²) >= 11 is 2.56. The van der Waals surface area contributed by atoms with E-state index in [4.69, 9.17) is 0 Å². The number of thiophene rings is 1. The topological polar surface area (TPSA) is 67.2 Å². The molecule has 1 unspecified atom stereocenters. The average Bonchev–Trinajstić information content (AvgIpc) is 3.56. The highest BCUT2D eigenvalue weighted by molar-refractivity contribution is 7.98. The normalized spacial score (nSPS) is 12.5. The van der Waals surface area contributed by atoms with E-state index in [0.717, 1.165) is 41.9 Å². The third-order valence-corrected chi connectivity index (χ3v) is 9.86. The second-order valence-corrected chi connectivity index (χ2v) is 12.8. The van der Waals surface area contributed by atoms with E-state index in [0.29, 0.717) is 39.8 Å². The van der Waals surface area contributed by atoms with Crippen LogP contribution in [0, 0.1) is 5.82 Å². The second kappa shape index (κ2) is 15.3. The maximum atomic E-state index is 14.0. The summed E-state index contributed by atoms with van der Waals surface area (Å²) in [6.07, 6.45) is -4.14. The number of halogens is 4. The van der Waals surface area contributed by atoms with Crippen LogP contribution in [0.25, 0.3) is 21.3 Å². The van der Waals surface area contributed by atoms with Crippen LogP contribution in [0.1, 0.15) is 36.6 Å². The lowest BCUT2D eigenvalue weighted by molar-refractivity contribution is -0.137. The average molecular weight is 683 g/mol. The molecule has 1 N–H and O–H groups in total. The van der Waals surface area contributed by atoms with Crippen molar-refractivity contribution < 1.29 is 22.4 Å². The fourth-order valence-electron chi connectivity index (χ4n) is 5.28. The molecule has 0 aliphatic heterocycles. The first-order valence-electron chi connectivity index (χ1n) is 15.2. The lowest BCUT2D eigenvalue weighted by Gasteiger charge is -2.25. The van der Waals surface area contributed by atoms with E-state index in [2.05, 4.69) is 29.0 Å². The van der Waals surface area contributed by atoms with Crippen molar-refractivity contribution in [3.8, 4) is 11.1 Å². The smallest absolute Gasteiger partial charge is 0.353 e. The zero-order valence-electron chi connectivity index (χ0n) is 25.9. The molecule has 3 aromatic carbocycles. The Kier molecular flexibility index (Phi) is 11.2. The van der Waals surface area contributed by atoms with Crippen molar-refractivity contribution in [2.45, 2.75) is 43.4 Å². The molecule has 5 rings (SSSR count). The number of rotatable bonds is 13. The number of amides is 1. The van der Waals surface area contributed by atoms with Crippen LogP contribution in [0.3, 0.4) is 0 Å². The molecule has 2 heterocycles. The predicted octanol–water partition coefficient (Wildman–Crippen LogP) is 7.82. The molecule has 0 saturated heterocycles. The van der Waals surface area contributed by atoms with Gasteiger partial charge >= 0.3 is 6.18 Å². The van der Waals surface area contributed by atoms with Crippen LogP contribution in [0.5, 0.6) is 0 Å². The molecule has 0 aliphatic rings. The molecule has 5 aromatic rings. The number of hydrogen-bond acceptors (Lipinski definition) is 6. The quantitative estimate of drug-likeness (QED) is 0.0780. The molecule has 0 radical (unpaired) electrons. The Morgan fingerprint density at radius 3 is 2.17 bits per heavy atom. The van der Waals surface area contributed by atoms with Crippen LogP contribution in [0.4, 0.5) is 17.6 Å². The number of fused-ring (bicyclic) bond motifs is 1. The van der Waals surface area contributed by atoms with Gasteiger partial charge in [0.2, 0.25) is 5.91 Å². The zero-order chi connectivity index (χ0) is 33.6. The van der Waals surface area contributed by atoms with Crippen LogP contribution in [0.2, 0.25) is 0 Å². The summed E-state index contributed by atoms with van der Waals surface area (Å²) in [5.41, 5.74) is 2.54. The van der Waals surface area contributed by atoms with Gasteiger partial charge in [0, 0.05) is 25.3 Å². The lowest BCUT2D eigenvalue weighted by Crippen LogP contribution is -2.40. The van der Waals surface area contributed by atoms with Crippen molar-refractivity contribution in [3.63, 3.8) is 0 Å². The molecule has 0 fully saturated rings. The maximum Gasteiger partial charge on any atom is 0.416 e. The molecular weight excluding hydrogens is 649 g/mol. The number of alkyl halides is 3. The van der Waals surface area contributed by atoms with E-state index in [-0.39, 0.29) is 23.7 Å². The Morgan fingerprint density at radius 2 is 1.55 bits per heavy atom. The molecule has 2 aromatic heterocycles. The number of hydrogen-bond donors (Lipinski definition) is 1. The molecule has 0 spiro atoms. The van der Waals surface area contributed by atoms with Gasteiger partial charge in [-0.15, -0.1) is 11.3 Å². The number of carbonyl (C=O) groups is 1. The van der Waals surface area contributed by atoms with Gasteiger partial charge < -0.3 is 14.8 Å². The van der Waals surface area contributed by atoms with E-state index in [1.807, 2.05) is 34.9 Å². The van der Waals surface area contributed by atoms with Gasteiger partial charge in [0.25, 0.3) is 5.56 Å². The van der Waals surface area contributed by atoms with Gasteiger partial charge in [-0.1, -0.05) is 74.1 Å². The fraction of sp³-hybridized carbons (Fsp3) is 0.286. The van der Waals surface area contributed by atoms with Crippen LogP contribution in [-0.4, -0.2) is 46.5 Å². The minimum Gasteiger partial charge on any atom is -0.353 e. The summed E-state index contributed by atoms with van der Waals surface area (Å²) in [6, 6.07) is 19.5. The fourth-order valence-corrected chi connectivity index (χ4v) is 7.05. The van der Waals surface area contributed by atoms with Crippen LogP contribution in [-0.2, 0) is 23.1 Å². The highest BCUT2D eigenvalue weighted by atomic mass is 32.2. The molecule has 1 atom stereocenters. The Labute approximate surface area is 278 Å². The van der Waals surface area contributed by atoms with Gasteiger partial charge in [-0.25, -0.2) is 4.39 Å². The van der Waals surface area contributed by atoms with Crippen molar-refractivity contribution in [1.82, 2.24) is 19.8 Å². The molecule has 0 aliphatic carbocycles. The van der Waals surface area contributed by atoms with E-state index in [1.54, 1.807) is 17.5 Å². The number of benzene rings is 3. The van der Waals surface area contributed by atoms with Crippen molar-refractivity contribution >= 4 is 39.2 Å². The molecule has 0 saturated carbocycles. The van der Waals surface area contributed by atoms with Crippen molar-refractivity contribution in [2.75, 3.05) is 26.2 Å². The summed E-state index contributed by atoms with van der Waals surface area (Å²) in [5.74, 6) is -0.176. The zero-order valence-corrected chi connectivity index (χ0v) is 27.5. The largest absolute Gasteiger partial charge is 0.416 e. The molecule has 246 valence electrons. The van der Waals surface area contributed by atoms with Crippen molar-refractivity contribution in [1.29, 1.82) is 0 Å². The third-order valence-electron chi connectivity index (χ3n) is 7.95. The minimum absolute atomic E-state index is 0.231. The van der Waals surface area contributed by atoms with E-state index in [1.165, 1.54) is 47.4 Å². The van der Waals surface area contributed by atoms with Crippen LogP contribution < -0.4 is 10.9 Å². The predicted molar refractivity (Wildman–Crippen MR) is 180 cm³/mol. The molecular formula is C35H34F4N4O2S2. The number of nitrogens with one attached hydrogen (secondary N) is 1. The van der Waals surface area contributed by atoms with E-state index < -0.39 is 17.8 Å². The first kappa shape index (κ1) is 34.3. The maximum absolute atomic E-state index is 14.0. The summed E-state index contributed by atoms with van der Waals surface area (Å²) in [4.78, 5) is 33.7. The summed E-state index contributed by atoms with van der Waals surface area (Å²) < 4.78 is 55.0. The number of carbonyl (C=O) groups excluding carboxylic acids is 1. The monoisotopic (exact) mass is 682 g/mol. The van der Waals surface area contributed by atoms with E-state index >= 15 is 0 Å². The van der Waals surface area contributed by atoms with Crippen molar-refractivity contribution in [3.05, 3.63) is 117 Å². The SMILES string of the molecule is CCN(CC)CCNC(=O)C(Cc1ccc(-c2ccc(C(F)(F)F)cc2)cc1)n1c(SCc2ccc(F)cc2)nc(=O)c2sccc21. The molecule has 1 amide bonds. The van der Waals surface area contributed by atoms with E-state index in [9.17, 15) is 27.2 Å². The molecule has 6 nitrogen and oxygen atoms in total. The Balaban J connectivity index is 1.48. The van der Waals surface area contributed by atoms with Crippen LogP contribution in [0.15, 0.2) is 94.2 Å². The second-order valence-electron chi connectivity index (χ2n) is 10.9. The first-order chi connectivity index (χ1) is 22.6. The highest BCUT2D eigenvalue weighted by Gasteiger charge is 2.30. The number of thioether (sulfide) groups is 1. The minimum atomic E-state index is -4.41. The van der Waals surface area contributed by atoms with Crippen molar-refractivity contribution in [2.24, 2.45) is 0 Å². The summed E-state index contributed by atoms with van der Waals surface area (Å²) in [7, 11) is 0. The Morgan fingerprint density at radius 1 is 0.936 bits per heavy atom. The Hall–Kier alpha value is -4.00. The van der Waals surface area contributed by atoms with Gasteiger partial charge in [-0.2, -0.15) is 18.2 Å². The first-order valence-corrected chi connectivity index (χ1v) is 17.1.